The molecular weight excluding hydrogens is 384 g/mol. The lowest BCUT2D eigenvalue weighted by molar-refractivity contribution is -0.129. The predicted octanol–water partition coefficient (Wildman–Crippen LogP) is 2.32. The molecule has 146 valence electrons. The molecule has 1 N–H and O–H groups in total. The minimum atomic E-state index is -3.88. The quantitative estimate of drug-likeness (QED) is 0.607. The first-order valence-electron chi connectivity index (χ1n) is 8.49. The lowest BCUT2D eigenvalue weighted by Gasteiger charge is -2.24. The van der Waals surface area contributed by atoms with Crippen molar-refractivity contribution in [1.82, 2.24) is 0 Å². The van der Waals surface area contributed by atoms with Crippen LogP contribution >= 0.6 is 0 Å². The molecule has 0 bridgehead atoms. The van der Waals surface area contributed by atoms with Gasteiger partial charge in [-0.05, 0) is 55.0 Å². The van der Waals surface area contributed by atoms with Crippen molar-refractivity contribution in [1.29, 1.82) is 0 Å². The number of imide groups is 1. The third-order valence-corrected chi connectivity index (χ3v) is 5.64. The minimum absolute atomic E-state index is 0.0230. The molecule has 0 saturated carbocycles. The Morgan fingerprint density at radius 2 is 1.54 bits per heavy atom. The number of sulfonamides is 1. The van der Waals surface area contributed by atoms with E-state index >= 15 is 0 Å². The smallest absolute Gasteiger partial charge is 0.337 e. The van der Waals surface area contributed by atoms with Gasteiger partial charge in [0.1, 0.15) is 0 Å². The first kappa shape index (κ1) is 19.6. The molecule has 1 heterocycles. The van der Waals surface area contributed by atoms with Crippen molar-refractivity contribution in [2.75, 3.05) is 16.7 Å². The summed E-state index contributed by atoms with van der Waals surface area (Å²) < 4.78 is 32.1. The highest BCUT2D eigenvalue weighted by Gasteiger charge is 2.27. The fourth-order valence-corrected chi connectivity index (χ4v) is 3.88. The van der Waals surface area contributed by atoms with Gasteiger partial charge in [-0.3, -0.25) is 19.2 Å². The first-order chi connectivity index (χ1) is 13.3. The largest absolute Gasteiger partial charge is 0.465 e. The molecule has 28 heavy (non-hydrogen) atoms. The molecular formula is C19H18N2O6S. The molecule has 3 rings (SSSR count). The monoisotopic (exact) mass is 402 g/mol. The van der Waals surface area contributed by atoms with Gasteiger partial charge in [-0.2, -0.15) is 0 Å². The second-order valence-electron chi connectivity index (χ2n) is 6.14. The van der Waals surface area contributed by atoms with Crippen LogP contribution in [0.2, 0.25) is 0 Å². The topological polar surface area (TPSA) is 110 Å². The number of nitrogens with one attached hydrogen (secondary N) is 1. The van der Waals surface area contributed by atoms with Crippen molar-refractivity contribution in [2.24, 2.45) is 0 Å². The number of amides is 2. The molecule has 0 radical (unpaired) electrons. The Labute approximate surface area is 162 Å². The third-order valence-electron chi connectivity index (χ3n) is 4.24. The number of benzene rings is 2. The molecule has 1 aliphatic rings. The first-order valence-corrected chi connectivity index (χ1v) is 9.97. The number of rotatable bonds is 5. The maximum Gasteiger partial charge on any atom is 0.337 e. The zero-order valence-electron chi connectivity index (χ0n) is 15.0. The van der Waals surface area contributed by atoms with Gasteiger partial charge in [0, 0.05) is 18.5 Å². The molecule has 1 fully saturated rings. The highest BCUT2D eigenvalue weighted by Crippen LogP contribution is 2.24. The standard InChI is InChI=1S/C19H18N2O6S/c1-27-19(24)13-5-7-14(8-6-13)20-28(25,26)16-11-9-15(10-12-16)21-17(22)3-2-4-18(21)23/h5-12,20H,2-4H2,1H3. The Morgan fingerprint density at radius 3 is 2.07 bits per heavy atom. The van der Waals surface area contributed by atoms with E-state index in [1.54, 1.807) is 0 Å². The van der Waals surface area contributed by atoms with Crippen LogP contribution in [0.15, 0.2) is 53.4 Å². The van der Waals surface area contributed by atoms with Crippen LogP contribution in [0.25, 0.3) is 0 Å². The van der Waals surface area contributed by atoms with Crippen LogP contribution in [0.4, 0.5) is 11.4 Å². The molecule has 0 unspecified atom stereocenters. The summed E-state index contributed by atoms with van der Waals surface area (Å²) in [5, 5.41) is 0. The van der Waals surface area contributed by atoms with Crippen LogP contribution in [0.5, 0.6) is 0 Å². The number of methoxy groups -OCH3 is 1. The van der Waals surface area contributed by atoms with Gasteiger partial charge in [0.25, 0.3) is 10.0 Å². The number of piperidine rings is 1. The second kappa shape index (κ2) is 7.81. The van der Waals surface area contributed by atoms with Crippen LogP contribution in [0.3, 0.4) is 0 Å². The van der Waals surface area contributed by atoms with E-state index in [2.05, 4.69) is 9.46 Å². The van der Waals surface area contributed by atoms with E-state index in [-0.39, 0.29) is 35.2 Å². The van der Waals surface area contributed by atoms with E-state index in [1.165, 1.54) is 55.6 Å². The Balaban J connectivity index is 1.78. The summed E-state index contributed by atoms with van der Waals surface area (Å²) in [6, 6.07) is 11.3. The summed E-state index contributed by atoms with van der Waals surface area (Å²) in [6.45, 7) is 0. The van der Waals surface area contributed by atoms with E-state index in [9.17, 15) is 22.8 Å². The van der Waals surface area contributed by atoms with Gasteiger partial charge in [-0.1, -0.05) is 0 Å². The number of hydrogen-bond donors (Lipinski definition) is 1. The molecule has 0 aromatic heterocycles. The van der Waals surface area contributed by atoms with Gasteiger partial charge in [-0.15, -0.1) is 0 Å². The number of hydrogen-bond acceptors (Lipinski definition) is 6. The zero-order valence-corrected chi connectivity index (χ0v) is 15.9. The van der Waals surface area contributed by atoms with Crippen LogP contribution in [0, 0.1) is 0 Å². The van der Waals surface area contributed by atoms with Gasteiger partial charge in [0.15, 0.2) is 0 Å². The van der Waals surface area contributed by atoms with Crippen LogP contribution in [-0.4, -0.2) is 33.3 Å². The number of esters is 1. The van der Waals surface area contributed by atoms with Crippen molar-refractivity contribution in [2.45, 2.75) is 24.2 Å². The average Bonchev–Trinajstić information content (AvgIpc) is 2.68. The van der Waals surface area contributed by atoms with E-state index in [0.29, 0.717) is 17.7 Å². The molecule has 1 saturated heterocycles. The molecule has 0 aliphatic carbocycles. The number of nitrogens with zero attached hydrogens (tertiary/aromatic N) is 1. The number of anilines is 2. The minimum Gasteiger partial charge on any atom is -0.465 e. The van der Waals surface area contributed by atoms with Crippen LogP contribution in [0.1, 0.15) is 29.6 Å². The van der Waals surface area contributed by atoms with Crippen molar-refractivity contribution < 1.29 is 27.5 Å². The molecule has 0 spiro atoms. The van der Waals surface area contributed by atoms with Gasteiger partial charge >= 0.3 is 5.97 Å². The Morgan fingerprint density at radius 1 is 0.964 bits per heavy atom. The van der Waals surface area contributed by atoms with E-state index in [1.807, 2.05) is 0 Å². The van der Waals surface area contributed by atoms with Gasteiger partial charge in [0.05, 0.1) is 23.3 Å². The molecule has 0 atom stereocenters. The number of carbonyl (C=O) groups is 3. The molecule has 2 aromatic carbocycles. The van der Waals surface area contributed by atoms with Crippen molar-refractivity contribution >= 4 is 39.2 Å². The fourth-order valence-electron chi connectivity index (χ4n) is 2.82. The Hall–Kier alpha value is -3.20. The van der Waals surface area contributed by atoms with Crippen molar-refractivity contribution in [3.8, 4) is 0 Å². The van der Waals surface area contributed by atoms with E-state index in [4.69, 9.17) is 0 Å². The highest BCUT2D eigenvalue weighted by molar-refractivity contribution is 7.92. The highest BCUT2D eigenvalue weighted by atomic mass is 32.2. The summed E-state index contributed by atoms with van der Waals surface area (Å²) in [6.07, 6.45) is 1.10. The van der Waals surface area contributed by atoms with Gasteiger partial charge in [0.2, 0.25) is 11.8 Å². The summed E-state index contributed by atoms with van der Waals surface area (Å²) >= 11 is 0. The van der Waals surface area contributed by atoms with Crippen LogP contribution in [-0.2, 0) is 24.3 Å². The normalized spacial score (nSPS) is 14.7. The summed E-state index contributed by atoms with van der Waals surface area (Å²) in [4.78, 5) is 36.4. The third kappa shape index (κ3) is 4.04. The average molecular weight is 402 g/mol. The van der Waals surface area contributed by atoms with Gasteiger partial charge < -0.3 is 4.74 Å². The number of carbonyl (C=O) groups excluding carboxylic acids is 3. The zero-order chi connectivity index (χ0) is 20.3. The summed E-state index contributed by atoms with van der Waals surface area (Å²) in [5.41, 5.74) is 0.917. The lowest BCUT2D eigenvalue weighted by Crippen LogP contribution is -2.40. The van der Waals surface area contributed by atoms with Crippen molar-refractivity contribution in [3.63, 3.8) is 0 Å². The van der Waals surface area contributed by atoms with E-state index < -0.39 is 16.0 Å². The number of ether oxygens (including phenoxy) is 1. The molecule has 2 aromatic rings. The fraction of sp³-hybridized carbons (Fsp3) is 0.211. The SMILES string of the molecule is COC(=O)c1ccc(NS(=O)(=O)c2ccc(N3C(=O)CCCC3=O)cc2)cc1. The second-order valence-corrected chi connectivity index (χ2v) is 7.83. The van der Waals surface area contributed by atoms with Crippen LogP contribution < -0.4 is 9.62 Å². The van der Waals surface area contributed by atoms with Crippen molar-refractivity contribution in [3.05, 3.63) is 54.1 Å². The summed E-state index contributed by atoms with van der Waals surface area (Å²) in [7, 11) is -2.62. The summed E-state index contributed by atoms with van der Waals surface area (Å²) in [5.74, 6) is -1.11. The maximum absolute atomic E-state index is 12.5. The predicted molar refractivity (Wildman–Crippen MR) is 101 cm³/mol. The van der Waals surface area contributed by atoms with Gasteiger partial charge in [-0.25, -0.2) is 13.2 Å². The molecule has 1 aliphatic heterocycles. The molecule has 2 amide bonds. The maximum atomic E-state index is 12.5. The Kier molecular flexibility index (Phi) is 5.46. The Bertz CT molecular complexity index is 997. The molecule has 9 heteroatoms. The lowest BCUT2D eigenvalue weighted by atomic mass is 10.1. The van der Waals surface area contributed by atoms with E-state index in [0.717, 1.165) is 4.90 Å². The molecule has 8 nitrogen and oxygen atoms in total.